The van der Waals surface area contributed by atoms with Gasteiger partial charge in [0.2, 0.25) is 0 Å². The molecular formula is C21H30N3O2S+. The molecule has 0 bridgehead atoms. The number of methoxy groups -OCH3 is 1. The van der Waals surface area contributed by atoms with Gasteiger partial charge in [-0.15, -0.1) is 0 Å². The van der Waals surface area contributed by atoms with Crippen LogP contribution in [0.2, 0.25) is 0 Å². The van der Waals surface area contributed by atoms with E-state index in [4.69, 9.17) is 21.4 Å². The van der Waals surface area contributed by atoms with Crippen LogP contribution in [-0.2, 0) is 6.54 Å². The van der Waals surface area contributed by atoms with Gasteiger partial charge in [0, 0.05) is 0 Å². The maximum absolute atomic E-state index is 5.74. The lowest BCUT2D eigenvalue weighted by molar-refractivity contribution is -0.898. The van der Waals surface area contributed by atoms with E-state index >= 15 is 0 Å². The summed E-state index contributed by atoms with van der Waals surface area (Å²) in [6, 6.07) is 11.8. The number of quaternary nitrogens is 1. The number of thiocarbonyl (C=S) groups is 1. The van der Waals surface area contributed by atoms with Crippen molar-refractivity contribution in [3.63, 3.8) is 0 Å². The highest BCUT2D eigenvalue weighted by molar-refractivity contribution is 7.80. The molecule has 1 aliphatic rings. The average Bonchev–Trinajstić information content (AvgIpc) is 3.06. The minimum atomic E-state index is 0.668. The second-order valence-corrected chi connectivity index (χ2v) is 7.43. The molecule has 2 heterocycles. The van der Waals surface area contributed by atoms with E-state index in [-0.39, 0.29) is 0 Å². The van der Waals surface area contributed by atoms with E-state index in [2.05, 4.69) is 10.2 Å². The van der Waals surface area contributed by atoms with Gasteiger partial charge in [-0.2, -0.15) is 0 Å². The van der Waals surface area contributed by atoms with E-state index in [1.54, 1.807) is 18.3 Å². The van der Waals surface area contributed by atoms with E-state index in [9.17, 15) is 0 Å². The summed E-state index contributed by atoms with van der Waals surface area (Å²) in [7, 11) is 1.67. The Morgan fingerprint density at radius 1 is 1.15 bits per heavy atom. The highest BCUT2D eigenvalue weighted by atomic mass is 32.1. The lowest BCUT2D eigenvalue weighted by atomic mass is 10.2. The number of benzene rings is 1. The van der Waals surface area contributed by atoms with Gasteiger partial charge < -0.3 is 24.3 Å². The number of ether oxygens (including phenoxy) is 1. The molecule has 0 spiro atoms. The van der Waals surface area contributed by atoms with Crippen LogP contribution in [-0.4, -0.2) is 43.3 Å². The Kier molecular flexibility index (Phi) is 7.54. The van der Waals surface area contributed by atoms with E-state index in [1.165, 1.54) is 38.8 Å². The molecule has 146 valence electrons. The van der Waals surface area contributed by atoms with Gasteiger partial charge in [0.05, 0.1) is 51.8 Å². The first kappa shape index (κ1) is 19.7. The summed E-state index contributed by atoms with van der Waals surface area (Å²) in [6.45, 7) is 5.19. The van der Waals surface area contributed by atoms with Crippen molar-refractivity contribution in [3.05, 3.63) is 48.4 Å². The Morgan fingerprint density at radius 3 is 2.63 bits per heavy atom. The normalized spacial score (nSPS) is 15.1. The molecule has 1 aromatic carbocycles. The van der Waals surface area contributed by atoms with Crippen molar-refractivity contribution >= 4 is 23.0 Å². The minimum absolute atomic E-state index is 0.668. The third-order valence-corrected chi connectivity index (χ3v) is 5.47. The fourth-order valence-electron chi connectivity index (χ4n) is 3.56. The van der Waals surface area contributed by atoms with Crippen LogP contribution in [0.5, 0.6) is 5.75 Å². The number of nitrogens with one attached hydrogen (secondary N) is 2. The van der Waals surface area contributed by atoms with Crippen LogP contribution in [0.15, 0.2) is 47.1 Å². The zero-order chi connectivity index (χ0) is 18.9. The first-order chi connectivity index (χ1) is 13.3. The zero-order valence-corrected chi connectivity index (χ0v) is 16.9. The molecule has 1 aromatic heterocycles. The van der Waals surface area contributed by atoms with Crippen LogP contribution in [0.3, 0.4) is 0 Å². The smallest absolute Gasteiger partial charge is 0.174 e. The molecule has 0 atom stereocenters. The number of rotatable bonds is 7. The summed E-state index contributed by atoms with van der Waals surface area (Å²) in [5.74, 6) is 1.71. The molecular weight excluding hydrogens is 358 g/mol. The topological polar surface area (TPSA) is 42.1 Å². The minimum Gasteiger partial charge on any atom is -0.495 e. The fourth-order valence-corrected chi connectivity index (χ4v) is 3.82. The summed E-state index contributed by atoms with van der Waals surface area (Å²) < 4.78 is 11.0. The Balaban J connectivity index is 1.65. The molecule has 0 radical (unpaired) electrons. The maximum atomic E-state index is 5.74. The molecule has 1 aliphatic heterocycles. The van der Waals surface area contributed by atoms with Crippen LogP contribution in [0.4, 0.5) is 5.69 Å². The van der Waals surface area contributed by atoms with Gasteiger partial charge in [-0.05, 0) is 62.2 Å². The molecule has 2 aromatic rings. The lowest BCUT2D eigenvalue weighted by Gasteiger charge is -2.27. The van der Waals surface area contributed by atoms with Crippen LogP contribution in [0.25, 0.3) is 0 Å². The second-order valence-electron chi connectivity index (χ2n) is 7.05. The van der Waals surface area contributed by atoms with Crippen molar-refractivity contribution in [2.45, 2.75) is 32.2 Å². The Morgan fingerprint density at radius 2 is 1.93 bits per heavy atom. The van der Waals surface area contributed by atoms with Crippen LogP contribution in [0, 0.1) is 0 Å². The Labute approximate surface area is 167 Å². The van der Waals surface area contributed by atoms with Crippen LogP contribution in [0.1, 0.15) is 31.4 Å². The van der Waals surface area contributed by atoms with Crippen molar-refractivity contribution < 1.29 is 14.1 Å². The van der Waals surface area contributed by atoms with Gasteiger partial charge in [-0.3, -0.25) is 0 Å². The van der Waals surface area contributed by atoms with Gasteiger partial charge in [0.15, 0.2) is 5.11 Å². The quantitative estimate of drug-likeness (QED) is 0.714. The fraction of sp³-hybridized carbons (Fsp3) is 0.476. The molecule has 6 heteroatoms. The summed E-state index contributed by atoms with van der Waals surface area (Å²) >= 11 is 5.74. The number of nitrogens with zero attached hydrogens (tertiary/aromatic N) is 1. The van der Waals surface area contributed by atoms with Crippen molar-refractivity contribution in [1.29, 1.82) is 0 Å². The summed E-state index contributed by atoms with van der Waals surface area (Å²) in [6.07, 6.45) is 7.11. The third kappa shape index (κ3) is 5.97. The van der Waals surface area contributed by atoms with Crippen molar-refractivity contribution in [2.24, 2.45) is 0 Å². The molecule has 0 amide bonds. The van der Waals surface area contributed by atoms with Gasteiger partial charge >= 0.3 is 0 Å². The van der Waals surface area contributed by atoms with Crippen LogP contribution < -0.4 is 15.0 Å². The number of para-hydroxylation sites is 2. The zero-order valence-electron chi connectivity index (χ0n) is 16.1. The monoisotopic (exact) mass is 388 g/mol. The predicted octanol–water partition coefficient (Wildman–Crippen LogP) is 2.95. The highest BCUT2D eigenvalue weighted by Gasteiger charge is 2.18. The average molecular weight is 389 g/mol. The van der Waals surface area contributed by atoms with E-state index < -0.39 is 0 Å². The highest BCUT2D eigenvalue weighted by Crippen LogP contribution is 2.23. The van der Waals surface area contributed by atoms with Crippen molar-refractivity contribution in [3.8, 4) is 5.75 Å². The third-order valence-electron chi connectivity index (χ3n) is 5.11. The maximum Gasteiger partial charge on any atom is 0.174 e. The van der Waals surface area contributed by atoms with E-state index in [0.29, 0.717) is 11.7 Å². The number of furan rings is 1. The lowest BCUT2D eigenvalue weighted by Crippen LogP contribution is -3.12. The molecule has 0 saturated carbocycles. The van der Waals surface area contributed by atoms with Gasteiger partial charge in [0.25, 0.3) is 0 Å². The summed E-state index contributed by atoms with van der Waals surface area (Å²) in [5, 5.41) is 4.05. The first-order valence-corrected chi connectivity index (χ1v) is 10.2. The number of hydrogen-bond acceptors (Lipinski definition) is 3. The summed E-state index contributed by atoms with van der Waals surface area (Å²) in [5.41, 5.74) is 0.886. The Bertz CT molecular complexity index is 697. The molecule has 5 nitrogen and oxygen atoms in total. The molecule has 0 unspecified atom stereocenters. The summed E-state index contributed by atoms with van der Waals surface area (Å²) in [4.78, 5) is 3.87. The largest absolute Gasteiger partial charge is 0.495 e. The standard InChI is InChI=1S/C21H29N3O2S/c1-25-20-11-5-4-10-19(20)22-21(27)24(17-18-9-8-16-26-18)15-14-23-12-6-2-3-7-13-23/h4-5,8-11,16H,2-3,6-7,12-15,17H2,1H3,(H,22,27)/p+1. The van der Waals surface area contributed by atoms with E-state index in [1.807, 2.05) is 36.4 Å². The predicted molar refractivity (Wildman–Crippen MR) is 112 cm³/mol. The van der Waals surface area contributed by atoms with Gasteiger partial charge in [0.1, 0.15) is 11.5 Å². The molecule has 2 N–H and O–H groups in total. The Hall–Kier alpha value is -2.05. The molecule has 1 saturated heterocycles. The molecule has 3 rings (SSSR count). The van der Waals surface area contributed by atoms with Crippen molar-refractivity contribution in [1.82, 2.24) is 4.90 Å². The van der Waals surface area contributed by atoms with Crippen LogP contribution >= 0.6 is 12.2 Å². The molecule has 1 fully saturated rings. The second kappa shape index (κ2) is 10.3. The number of likely N-dealkylation sites (tertiary alicyclic amines) is 1. The SMILES string of the molecule is COc1ccccc1NC(=S)N(CC[NH+]1CCCCCC1)Cc1ccco1. The van der Waals surface area contributed by atoms with Crippen molar-refractivity contribution in [2.75, 3.05) is 38.6 Å². The number of anilines is 1. The first-order valence-electron chi connectivity index (χ1n) is 9.81. The van der Waals surface area contributed by atoms with E-state index in [0.717, 1.165) is 30.3 Å². The number of hydrogen-bond donors (Lipinski definition) is 2. The van der Waals surface area contributed by atoms with Gasteiger partial charge in [-0.1, -0.05) is 12.1 Å². The molecule has 0 aliphatic carbocycles. The van der Waals surface area contributed by atoms with Gasteiger partial charge in [-0.25, -0.2) is 0 Å². The molecule has 27 heavy (non-hydrogen) atoms.